The van der Waals surface area contributed by atoms with Crippen molar-refractivity contribution in [2.24, 2.45) is 5.92 Å². The largest absolute Gasteiger partial charge is 0.469 e. The highest BCUT2D eigenvalue weighted by Gasteiger charge is 2.33. The number of hydrogen-bond donors (Lipinski definition) is 0. The number of benzene rings is 1. The topological polar surface area (TPSA) is 46.6 Å². The molecular weight excluding hydrogens is 359 g/mol. The lowest BCUT2D eigenvalue weighted by atomic mass is 9.97. The fourth-order valence-corrected chi connectivity index (χ4v) is 2.86. The maximum atomic E-state index is 12.8. The van der Waals surface area contributed by atoms with Crippen LogP contribution in [0.15, 0.2) is 24.3 Å². The van der Waals surface area contributed by atoms with Crippen LogP contribution in [0.4, 0.5) is 13.2 Å². The van der Waals surface area contributed by atoms with Gasteiger partial charge in [0.1, 0.15) is 0 Å². The summed E-state index contributed by atoms with van der Waals surface area (Å²) in [6.45, 7) is 0.800. The molecule has 0 bridgehead atoms. The number of methoxy groups -OCH3 is 1. The Balaban J connectivity index is 2.01. The minimum Gasteiger partial charge on any atom is -0.469 e. The number of likely N-dealkylation sites (tertiary alicyclic amines) is 1. The summed E-state index contributed by atoms with van der Waals surface area (Å²) in [6, 6.07) is 3.46. The molecule has 1 amide bonds. The van der Waals surface area contributed by atoms with Crippen LogP contribution in [-0.2, 0) is 20.5 Å². The van der Waals surface area contributed by atoms with Crippen molar-refractivity contribution in [3.05, 3.63) is 40.4 Å². The molecule has 8 heteroatoms. The summed E-state index contributed by atoms with van der Waals surface area (Å²) in [5.74, 6) is -0.820. The second-order valence-corrected chi connectivity index (χ2v) is 6.10. The molecular formula is C17H17ClF3NO3. The zero-order valence-corrected chi connectivity index (χ0v) is 14.2. The molecule has 1 fully saturated rings. The number of esters is 1. The quantitative estimate of drug-likeness (QED) is 0.596. The van der Waals surface area contributed by atoms with Gasteiger partial charge in [-0.05, 0) is 36.6 Å². The number of rotatable bonds is 3. The van der Waals surface area contributed by atoms with E-state index in [-0.39, 0.29) is 28.4 Å². The van der Waals surface area contributed by atoms with E-state index in [4.69, 9.17) is 11.6 Å². The van der Waals surface area contributed by atoms with Crippen molar-refractivity contribution in [1.82, 2.24) is 4.90 Å². The lowest BCUT2D eigenvalue weighted by molar-refractivity contribution is -0.148. The fraction of sp³-hybridized carbons (Fsp3) is 0.412. The van der Waals surface area contributed by atoms with E-state index in [2.05, 4.69) is 4.74 Å². The summed E-state index contributed by atoms with van der Waals surface area (Å²) >= 11 is 5.56. The van der Waals surface area contributed by atoms with Crippen LogP contribution in [0, 0.1) is 5.92 Å². The summed E-state index contributed by atoms with van der Waals surface area (Å²) in [6.07, 6.45) is -1.00. The van der Waals surface area contributed by atoms with Crippen LogP contribution in [0.25, 0.3) is 6.08 Å². The van der Waals surface area contributed by atoms with Crippen molar-refractivity contribution in [3.63, 3.8) is 0 Å². The van der Waals surface area contributed by atoms with Crippen molar-refractivity contribution >= 4 is 29.6 Å². The molecule has 136 valence electrons. The number of nitrogens with zero attached hydrogens (tertiary/aromatic N) is 1. The van der Waals surface area contributed by atoms with Gasteiger partial charge in [-0.25, -0.2) is 0 Å². The van der Waals surface area contributed by atoms with Crippen molar-refractivity contribution in [2.45, 2.75) is 19.0 Å². The van der Waals surface area contributed by atoms with Crippen LogP contribution in [0.5, 0.6) is 0 Å². The molecule has 0 saturated carbocycles. The Hall–Kier alpha value is -2.02. The smallest absolute Gasteiger partial charge is 0.417 e. The van der Waals surface area contributed by atoms with E-state index in [1.807, 2.05) is 0 Å². The number of hydrogen-bond acceptors (Lipinski definition) is 3. The zero-order valence-electron chi connectivity index (χ0n) is 13.5. The zero-order chi connectivity index (χ0) is 18.6. The molecule has 1 aromatic rings. The van der Waals surface area contributed by atoms with Crippen LogP contribution < -0.4 is 0 Å². The van der Waals surface area contributed by atoms with Crippen LogP contribution >= 0.6 is 11.6 Å². The molecule has 0 radical (unpaired) electrons. The first-order valence-corrected chi connectivity index (χ1v) is 8.01. The third-order valence-electron chi connectivity index (χ3n) is 4.06. The first-order chi connectivity index (χ1) is 11.7. The molecule has 0 atom stereocenters. The van der Waals surface area contributed by atoms with E-state index in [1.165, 1.54) is 25.3 Å². The standard InChI is InChI=1S/C17H17ClF3NO3/c1-25-16(24)12-6-8-22(9-7-12)15(23)5-3-11-2-4-14(18)13(10-11)17(19,20)21/h2-5,10,12H,6-9H2,1H3. The van der Waals surface area contributed by atoms with Gasteiger partial charge in [-0.2, -0.15) is 13.2 Å². The third kappa shape index (κ3) is 4.98. The molecule has 0 N–H and O–H groups in total. The van der Waals surface area contributed by atoms with Gasteiger partial charge in [0.25, 0.3) is 0 Å². The van der Waals surface area contributed by atoms with E-state index >= 15 is 0 Å². The molecule has 0 aromatic heterocycles. The average Bonchev–Trinajstić information content (AvgIpc) is 2.59. The Morgan fingerprint density at radius 2 is 1.92 bits per heavy atom. The molecule has 1 saturated heterocycles. The van der Waals surface area contributed by atoms with E-state index < -0.39 is 11.7 Å². The maximum Gasteiger partial charge on any atom is 0.417 e. The predicted octanol–water partition coefficient (Wildman–Crippen LogP) is 3.78. The number of alkyl halides is 3. The SMILES string of the molecule is COC(=O)C1CCN(C(=O)C=Cc2ccc(Cl)c(C(F)(F)F)c2)CC1. The van der Waals surface area contributed by atoms with Gasteiger partial charge < -0.3 is 9.64 Å². The number of amides is 1. The highest BCUT2D eigenvalue weighted by atomic mass is 35.5. The molecule has 2 rings (SSSR count). The van der Waals surface area contributed by atoms with E-state index in [9.17, 15) is 22.8 Å². The molecule has 0 aliphatic carbocycles. The molecule has 1 aliphatic heterocycles. The average molecular weight is 376 g/mol. The van der Waals surface area contributed by atoms with Crippen molar-refractivity contribution in [1.29, 1.82) is 0 Å². The van der Waals surface area contributed by atoms with Gasteiger partial charge in [0, 0.05) is 19.2 Å². The summed E-state index contributed by atoms with van der Waals surface area (Å²) in [5, 5.41) is -0.388. The summed E-state index contributed by atoms with van der Waals surface area (Å²) < 4.78 is 43.2. The second kappa shape index (κ2) is 7.91. The number of halogens is 4. The lowest BCUT2D eigenvalue weighted by Crippen LogP contribution is -2.39. The highest BCUT2D eigenvalue weighted by molar-refractivity contribution is 6.31. The van der Waals surface area contributed by atoms with Gasteiger partial charge in [0.2, 0.25) is 5.91 Å². The Morgan fingerprint density at radius 1 is 1.28 bits per heavy atom. The monoisotopic (exact) mass is 375 g/mol. The Bertz CT molecular complexity index is 680. The Kier molecular flexibility index (Phi) is 6.11. The van der Waals surface area contributed by atoms with Crippen LogP contribution in [0.3, 0.4) is 0 Å². The normalized spacial score (nSPS) is 16.3. The van der Waals surface area contributed by atoms with Crippen molar-refractivity contribution in [3.8, 4) is 0 Å². The molecule has 25 heavy (non-hydrogen) atoms. The summed E-state index contributed by atoms with van der Waals surface area (Å²) in [5.41, 5.74) is -0.711. The summed E-state index contributed by atoms with van der Waals surface area (Å²) in [7, 11) is 1.32. The number of ether oxygens (including phenoxy) is 1. The van der Waals surface area contributed by atoms with Gasteiger partial charge >= 0.3 is 12.1 Å². The summed E-state index contributed by atoms with van der Waals surface area (Å²) in [4.78, 5) is 25.1. The first-order valence-electron chi connectivity index (χ1n) is 7.64. The lowest BCUT2D eigenvalue weighted by Gasteiger charge is -2.29. The third-order valence-corrected chi connectivity index (χ3v) is 4.38. The van der Waals surface area contributed by atoms with Gasteiger partial charge in [0.15, 0.2) is 0 Å². The number of carbonyl (C=O) groups is 2. The second-order valence-electron chi connectivity index (χ2n) is 5.69. The van der Waals surface area contributed by atoms with E-state index in [0.29, 0.717) is 25.9 Å². The van der Waals surface area contributed by atoms with Crippen LogP contribution in [-0.4, -0.2) is 37.0 Å². The minimum absolute atomic E-state index is 0.219. The van der Waals surface area contributed by atoms with Crippen LogP contribution in [0.1, 0.15) is 24.0 Å². The van der Waals surface area contributed by atoms with Crippen molar-refractivity contribution < 1.29 is 27.5 Å². The van der Waals surface area contributed by atoms with Crippen molar-refractivity contribution in [2.75, 3.05) is 20.2 Å². The van der Waals surface area contributed by atoms with Gasteiger partial charge in [-0.15, -0.1) is 0 Å². The highest BCUT2D eigenvalue weighted by Crippen LogP contribution is 2.35. The number of piperidine rings is 1. The minimum atomic E-state index is -4.55. The Labute approximate surface area is 148 Å². The molecule has 1 aromatic carbocycles. The van der Waals surface area contributed by atoms with Gasteiger partial charge in [0.05, 0.1) is 23.6 Å². The molecule has 0 unspecified atom stereocenters. The number of carbonyl (C=O) groups excluding carboxylic acids is 2. The van der Waals surface area contributed by atoms with E-state index in [0.717, 1.165) is 12.1 Å². The first kappa shape index (κ1) is 19.3. The maximum absolute atomic E-state index is 12.8. The fourth-order valence-electron chi connectivity index (χ4n) is 2.64. The molecule has 4 nitrogen and oxygen atoms in total. The molecule has 0 spiro atoms. The predicted molar refractivity (Wildman–Crippen MR) is 86.8 cm³/mol. The molecule has 1 heterocycles. The Morgan fingerprint density at radius 3 is 2.48 bits per heavy atom. The molecule has 1 aliphatic rings. The van der Waals surface area contributed by atoms with Gasteiger partial charge in [-0.3, -0.25) is 9.59 Å². The van der Waals surface area contributed by atoms with Crippen LogP contribution in [0.2, 0.25) is 5.02 Å². The van der Waals surface area contributed by atoms with E-state index in [1.54, 1.807) is 4.90 Å². The van der Waals surface area contributed by atoms with Gasteiger partial charge in [-0.1, -0.05) is 17.7 Å².